The zero-order valence-corrected chi connectivity index (χ0v) is 39.0. The van der Waals surface area contributed by atoms with E-state index in [1.165, 1.54) is 126 Å². The van der Waals surface area contributed by atoms with Gasteiger partial charge in [-0.3, -0.25) is 0 Å². The topological polar surface area (TPSA) is 8.17 Å². The highest BCUT2D eigenvalue weighted by Gasteiger charge is 2.24. The van der Waals surface area contributed by atoms with Crippen molar-refractivity contribution in [2.45, 2.75) is 13.8 Å². The number of aromatic nitrogens is 1. The molecule has 0 aliphatic rings. The molecule has 1 heterocycles. The molecule has 0 saturated carbocycles. The molecule has 2 heteroatoms. The minimum Gasteiger partial charge on any atom is -0.313 e. The number of benzene rings is 13. The lowest BCUT2D eigenvalue weighted by atomic mass is 9.84. The van der Waals surface area contributed by atoms with Crippen LogP contribution in [0.3, 0.4) is 0 Å². The summed E-state index contributed by atoms with van der Waals surface area (Å²) in [5.41, 5.74) is 13.1. The van der Waals surface area contributed by atoms with Gasteiger partial charge in [0.05, 0.1) is 11.2 Å². The van der Waals surface area contributed by atoms with Crippen LogP contribution in [0.25, 0.3) is 114 Å². The Kier molecular flexibility index (Phi) is 9.06. The maximum absolute atomic E-state index is 2.54. The van der Waals surface area contributed by atoms with Crippen molar-refractivity contribution in [3.05, 3.63) is 254 Å². The summed E-state index contributed by atoms with van der Waals surface area (Å²) >= 11 is 0. The van der Waals surface area contributed by atoms with E-state index in [2.05, 4.69) is 266 Å². The first-order chi connectivity index (χ1) is 34.5. The summed E-state index contributed by atoms with van der Waals surface area (Å²) in [5.74, 6) is 0. The van der Waals surface area contributed by atoms with Gasteiger partial charge in [-0.2, -0.15) is 0 Å². The van der Waals surface area contributed by atoms with E-state index in [9.17, 15) is 0 Å². The van der Waals surface area contributed by atoms with Crippen molar-refractivity contribution in [2.24, 2.45) is 0 Å². The first kappa shape index (κ1) is 40.1. The summed E-state index contributed by atoms with van der Waals surface area (Å²) in [5, 5.41) is 18.5. The van der Waals surface area contributed by atoms with Crippen LogP contribution in [-0.4, -0.2) is 4.57 Å². The molecule has 0 atom stereocenters. The Morgan fingerprint density at radius 2 is 0.771 bits per heavy atom. The molecule has 0 fully saturated rings. The monoisotopic (exact) mass is 890 g/mol. The summed E-state index contributed by atoms with van der Waals surface area (Å²) in [7, 11) is 0. The van der Waals surface area contributed by atoms with Crippen LogP contribution >= 0.6 is 0 Å². The predicted molar refractivity (Wildman–Crippen MR) is 301 cm³/mol. The van der Waals surface area contributed by atoms with E-state index in [1.807, 2.05) is 0 Å². The fourth-order valence-electron chi connectivity index (χ4n) is 11.6. The fraction of sp³-hybridized carbons (Fsp3) is 0.0294. The number of fused-ring (bicyclic) bond motifs is 9. The highest BCUT2D eigenvalue weighted by atomic mass is 15.1. The largest absolute Gasteiger partial charge is 0.313 e. The predicted octanol–water partition coefficient (Wildman–Crippen LogP) is 19.1. The highest BCUT2D eigenvalue weighted by molar-refractivity contribution is 6.25. The zero-order chi connectivity index (χ0) is 46.5. The highest BCUT2D eigenvalue weighted by Crippen LogP contribution is 2.49. The Morgan fingerprint density at radius 3 is 1.44 bits per heavy atom. The molecule has 13 aromatic carbocycles. The van der Waals surface area contributed by atoms with Gasteiger partial charge in [0.25, 0.3) is 0 Å². The molecule has 0 spiro atoms. The van der Waals surface area contributed by atoms with Gasteiger partial charge < -0.3 is 9.47 Å². The van der Waals surface area contributed by atoms with Crippen LogP contribution in [0, 0.1) is 13.8 Å². The standard InChI is InChI=1S/C68H46N2/c1-43-44(2)69(65-39-51-22-12-13-25-57(51)58-26-14-15-27-59(58)65)66-42-64-63(41-61(43)66)68(53-31-29-46-17-7-10-20-49(46)37-53)62-40-56(34-35-60(62)67(64)52-30-28-45-16-6-9-19-48(45)36-52)70(54-23-4-3-5-24-54)55-33-32-47-18-8-11-21-50(47)38-55/h3-42H,1-2H3. The first-order valence-corrected chi connectivity index (χ1v) is 24.3. The van der Waals surface area contributed by atoms with E-state index >= 15 is 0 Å². The Balaban J connectivity index is 1.14. The van der Waals surface area contributed by atoms with E-state index in [-0.39, 0.29) is 0 Å². The van der Waals surface area contributed by atoms with E-state index in [0.717, 1.165) is 17.1 Å². The lowest BCUT2D eigenvalue weighted by Crippen LogP contribution is -2.10. The van der Waals surface area contributed by atoms with E-state index < -0.39 is 0 Å². The normalized spacial score (nSPS) is 11.9. The summed E-state index contributed by atoms with van der Waals surface area (Å²) in [4.78, 5) is 2.42. The van der Waals surface area contributed by atoms with Crippen molar-refractivity contribution in [1.82, 2.24) is 4.57 Å². The maximum Gasteiger partial charge on any atom is 0.0543 e. The lowest BCUT2D eigenvalue weighted by Gasteiger charge is -2.27. The number of anilines is 3. The molecule has 0 bridgehead atoms. The van der Waals surface area contributed by atoms with Gasteiger partial charge in [0, 0.05) is 33.5 Å². The molecule has 0 N–H and O–H groups in total. The minimum absolute atomic E-state index is 1.10. The molecule has 0 amide bonds. The Bertz CT molecular complexity index is 4440. The van der Waals surface area contributed by atoms with Crippen LogP contribution in [0.4, 0.5) is 17.1 Å². The van der Waals surface area contributed by atoms with Gasteiger partial charge in [0.1, 0.15) is 0 Å². The summed E-state index contributed by atoms with van der Waals surface area (Å²) in [6.07, 6.45) is 0. The quantitative estimate of drug-likeness (QED) is 0.119. The average molecular weight is 891 g/mol. The molecule has 328 valence electrons. The van der Waals surface area contributed by atoms with Crippen molar-refractivity contribution in [3.63, 3.8) is 0 Å². The van der Waals surface area contributed by atoms with Crippen LogP contribution in [0.15, 0.2) is 243 Å². The second-order valence-corrected chi connectivity index (χ2v) is 18.9. The Hall–Kier alpha value is -8.98. The second-order valence-electron chi connectivity index (χ2n) is 18.9. The number of rotatable bonds is 6. The van der Waals surface area contributed by atoms with Crippen molar-refractivity contribution in [3.8, 4) is 27.9 Å². The van der Waals surface area contributed by atoms with Crippen LogP contribution in [0.2, 0.25) is 0 Å². The Morgan fingerprint density at radius 1 is 0.286 bits per heavy atom. The van der Waals surface area contributed by atoms with Crippen molar-refractivity contribution in [1.29, 1.82) is 0 Å². The third kappa shape index (κ3) is 6.27. The third-order valence-corrected chi connectivity index (χ3v) is 15.1. The summed E-state index contributed by atoms with van der Waals surface area (Å²) in [6, 6.07) is 90.2. The minimum atomic E-state index is 1.10. The molecule has 0 saturated heterocycles. The SMILES string of the molecule is Cc1c(C)n(-c2cc3ccccc3c3ccccc23)c2cc3c(-c4ccc5ccccc5c4)c4ccc(N(c5ccccc5)c5ccc6ccccc6c5)cc4c(-c4ccc5ccccc5c4)c3cc12. The zero-order valence-electron chi connectivity index (χ0n) is 39.0. The van der Waals surface area contributed by atoms with E-state index in [0.29, 0.717) is 0 Å². The molecule has 0 unspecified atom stereocenters. The molecule has 2 nitrogen and oxygen atoms in total. The molecule has 0 aliphatic carbocycles. The number of hydrogen-bond donors (Lipinski definition) is 0. The molecule has 0 radical (unpaired) electrons. The van der Waals surface area contributed by atoms with Gasteiger partial charge in [0.2, 0.25) is 0 Å². The molecule has 0 aliphatic heterocycles. The van der Waals surface area contributed by atoms with Crippen molar-refractivity contribution in [2.75, 3.05) is 4.90 Å². The number of para-hydroxylation sites is 1. The summed E-state index contributed by atoms with van der Waals surface area (Å²) < 4.78 is 2.54. The average Bonchev–Trinajstić information content (AvgIpc) is 3.66. The third-order valence-electron chi connectivity index (χ3n) is 15.1. The number of hydrogen-bond acceptors (Lipinski definition) is 1. The van der Waals surface area contributed by atoms with Crippen molar-refractivity contribution < 1.29 is 0 Å². The van der Waals surface area contributed by atoms with Crippen LogP contribution < -0.4 is 4.90 Å². The molecule has 14 rings (SSSR count). The molecular formula is C68H46N2. The molecule has 70 heavy (non-hydrogen) atoms. The number of aryl methyl sites for hydroxylation is 1. The van der Waals surface area contributed by atoms with Gasteiger partial charge >= 0.3 is 0 Å². The lowest BCUT2D eigenvalue weighted by molar-refractivity contribution is 1.05. The molecular weight excluding hydrogens is 845 g/mol. The van der Waals surface area contributed by atoms with Crippen LogP contribution in [0.1, 0.15) is 11.3 Å². The van der Waals surface area contributed by atoms with Gasteiger partial charge in [0.15, 0.2) is 0 Å². The number of nitrogens with zero attached hydrogens (tertiary/aromatic N) is 2. The second kappa shape index (κ2) is 15.8. The first-order valence-electron chi connectivity index (χ1n) is 24.3. The molecule has 1 aromatic heterocycles. The smallest absolute Gasteiger partial charge is 0.0543 e. The molecule has 14 aromatic rings. The van der Waals surface area contributed by atoms with Crippen LogP contribution in [-0.2, 0) is 0 Å². The summed E-state index contributed by atoms with van der Waals surface area (Å²) in [6.45, 7) is 4.61. The van der Waals surface area contributed by atoms with Gasteiger partial charge in [-0.05, 0) is 178 Å². The van der Waals surface area contributed by atoms with Crippen LogP contribution in [0.5, 0.6) is 0 Å². The van der Waals surface area contributed by atoms with Gasteiger partial charge in [-0.25, -0.2) is 0 Å². The van der Waals surface area contributed by atoms with Crippen molar-refractivity contribution >= 4 is 103 Å². The Labute approximate surface area is 406 Å². The fourth-order valence-corrected chi connectivity index (χ4v) is 11.6. The van der Waals surface area contributed by atoms with E-state index in [1.54, 1.807) is 0 Å². The van der Waals surface area contributed by atoms with E-state index in [4.69, 9.17) is 0 Å². The van der Waals surface area contributed by atoms with Gasteiger partial charge in [-0.15, -0.1) is 0 Å². The maximum atomic E-state index is 2.54. The van der Waals surface area contributed by atoms with Gasteiger partial charge in [-0.1, -0.05) is 176 Å².